The third kappa shape index (κ3) is 5.72. The van der Waals surface area contributed by atoms with E-state index in [9.17, 15) is 4.79 Å². The normalized spacial score (nSPS) is 13.0. The number of hydrogen-bond donors (Lipinski definition) is 2. The molecule has 0 rings (SSSR count). The van der Waals surface area contributed by atoms with E-state index in [1.165, 1.54) is 0 Å². The number of aliphatic hydroxyl groups excluding tert-OH is 1. The van der Waals surface area contributed by atoms with E-state index in [2.05, 4.69) is 12.2 Å². The Bertz CT molecular complexity index is 85.7. The van der Waals surface area contributed by atoms with Crippen molar-refractivity contribution in [3.05, 3.63) is 0 Å². The van der Waals surface area contributed by atoms with Crippen LogP contribution in [-0.2, 0) is 4.79 Å². The molecule has 60 valence electrons. The second-order valence-electron chi connectivity index (χ2n) is 2.26. The summed E-state index contributed by atoms with van der Waals surface area (Å²) in [6.45, 7) is 3.35. The van der Waals surface area contributed by atoms with Gasteiger partial charge in [-0.1, -0.05) is 13.3 Å². The summed E-state index contributed by atoms with van der Waals surface area (Å²) in [5.41, 5.74) is 0. The van der Waals surface area contributed by atoms with Crippen molar-refractivity contribution in [1.29, 1.82) is 0 Å². The van der Waals surface area contributed by atoms with Crippen LogP contribution in [0.3, 0.4) is 0 Å². The van der Waals surface area contributed by atoms with E-state index in [1.807, 2.05) is 0 Å². The first kappa shape index (κ1) is 9.59. The summed E-state index contributed by atoms with van der Waals surface area (Å²) in [7, 11) is 0. The van der Waals surface area contributed by atoms with Gasteiger partial charge in [-0.2, -0.15) is 0 Å². The van der Waals surface area contributed by atoms with Crippen LogP contribution in [-0.4, -0.2) is 30.6 Å². The summed E-state index contributed by atoms with van der Waals surface area (Å²) >= 11 is 0. The van der Waals surface area contributed by atoms with E-state index >= 15 is 0 Å². The van der Waals surface area contributed by atoms with Crippen molar-refractivity contribution in [3.63, 3.8) is 0 Å². The van der Waals surface area contributed by atoms with E-state index in [0.717, 1.165) is 19.4 Å². The monoisotopic (exact) mass is 145 g/mol. The lowest BCUT2D eigenvalue weighted by atomic mass is 10.3. The lowest BCUT2D eigenvalue weighted by Crippen LogP contribution is -2.28. The van der Waals surface area contributed by atoms with Crippen molar-refractivity contribution in [1.82, 2.24) is 5.32 Å². The average Bonchev–Trinajstić information content (AvgIpc) is 1.98. The topological polar surface area (TPSA) is 49.3 Å². The molecule has 0 aromatic rings. The van der Waals surface area contributed by atoms with E-state index in [1.54, 1.807) is 0 Å². The zero-order chi connectivity index (χ0) is 7.82. The maximum Gasteiger partial charge on any atom is 0.149 e. The number of unbranched alkanes of at least 4 members (excludes halogenated alkanes) is 1. The molecule has 0 heterocycles. The van der Waals surface area contributed by atoms with Crippen LogP contribution in [0.5, 0.6) is 0 Å². The van der Waals surface area contributed by atoms with Crippen molar-refractivity contribution in [3.8, 4) is 0 Å². The molecule has 0 aliphatic carbocycles. The number of hydrogen-bond acceptors (Lipinski definition) is 3. The third-order valence-corrected chi connectivity index (χ3v) is 1.22. The van der Waals surface area contributed by atoms with Crippen LogP contribution in [0.2, 0.25) is 0 Å². The molecule has 3 nitrogen and oxygen atoms in total. The van der Waals surface area contributed by atoms with Crippen molar-refractivity contribution in [2.24, 2.45) is 0 Å². The Hall–Kier alpha value is -0.410. The molecule has 0 amide bonds. The van der Waals surface area contributed by atoms with Gasteiger partial charge in [0.05, 0.1) is 0 Å². The van der Waals surface area contributed by atoms with Gasteiger partial charge in [0.2, 0.25) is 0 Å². The van der Waals surface area contributed by atoms with Crippen LogP contribution < -0.4 is 5.32 Å². The number of rotatable bonds is 6. The molecule has 0 spiro atoms. The van der Waals surface area contributed by atoms with Gasteiger partial charge in [-0.25, -0.2) is 0 Å². The van der Waals surface area contributed by atoms with E-state index < -0.39 is 6.10 Å². The lowest BCUT2D eigenvalue weighted by molar-refractivity contribution is -0.114. The Morgan fingerprint density at radius 2 is 2.40 bits per heavy atom. The molecule has 2 N–H and O–H groups in total. The van der Waals surface area contributed by atoms with Gasteiger partial charge in [0, 0.05) is 6.54 Å². The molecule has 1 unspecified atom stereocenters. The number of aldehydes is 1. The first-order chi connectivity index (χ1) is 4.81. The van der Waals surface area contributed by atoms with Gasteiger partial charge in [0.25, 0.3) is 0 Å². The minimum absolute atomic E-state index is 0.378. The van der Waals surface area contributed by atoms with Crippen molar-refractivity contribution in [2.75, 3.05) is 13.1 Å². The van der Waals surface area contributed by atoms with Crippen LogP contribution in [0.1, 0.15) is 19.8 Å². The molecule has 0 radical (unpaired) electrons. The van der Waals surface area contributed by atoms with Crippen LogP contribution in [0.15, 0.2) is 0 Å². The second kappa shape index (κ2) is 6.71. The molecule has 0 aliphatic heterocycles. The Balaban J connectivity index is 2.95. The highest BCUT2D eigenvalue weighted by Crippen LogP contribution is 1.82. The van der Waals surface area contributed by atoms with Gasteiger partial charge in [0.15, 0.2) is 0 Å². The standard InChI is InChI=1S/C7H15NO2/c1-2-3-4-8-5-7(10)6-9/h6-8,10H,2-5H2,1H3. The molecule has 3 heteroatoms. The number of nitrogens with one attached hydrogen (secondary N) is 1. The van der Waals surface area contributed by atoms with Crippen molar-refractivity contribution < 1.29 is 9.90 Å². The molecule has 0 fully saturated rings. The first-order valence-corrected chi connectivity index (χ1v) is 3.65. The summed E-state index contributed by atoms with van der Waals surface area (Å²) in [6, 6.07) is 0. The van der Waals surface area contributed by atoms with E-state index in [4.69, 9.17) is 5.11 Å². The summed E-state index contributed by atoms with van der Waals surface area (Å²) in [5.74, 6) is 0. The molecular weight excluding hydrogens is 130 g/mol. The van der Waals surface area contributed by atoms with E-state index in [-0.39, 0.29) is 0 Å². The maximum absolute atomic E-state index is 9.88. The van der Waals surface area contributed by atoms with Gasteiger partial charge >= 0.3 is 0 Å². The van der Waals surface area contributed by atoms with Crippen LogP contribution >= 0.6 is 0 Å². The Kier molecular flexibility index (Phi) is 6.43. The molecule has 0 saturated heterocycles. The number of carbonyl (C=O) groups is 1. The summed E-state index contributed by atoms with van der Waals surface area (Å²) < 4.78 is 0. The quantitative estimate of drug-likeness (QED) is 0.406. The molecule has 0 bridgehead atoms. The Morgan fingerprint density at radius 3 is 2.90 bits per heavy atom. The van der Waals surface area contributed by atoms with Crippen molar-refractivity contribution >= 4 is 6.29 Å². The van der Waals surface area contributed by atoms with Gasteiger partial charge in [-0.15, -0.1) is 0 Å². The van der Waals surface area contributed by atoms with Crippen LogP contribution in [0, 0.1) is 0 Å². The smallest absolute Gasteiger partial charge is 0.149 e. The highest BCUT2D eigenvalue weighted by Gasteiger charge is 1.97. The Morgan fingerprint density at radius 1 is 1.70 bits per heavy atom. The first-order valence-electron chi connectivity index (χ1n) is 3.65. The van der Waals surface area contributed by atoms with Gasteiger partial charge in [0.1, 0.15) is 12.4 Å². The largest absolute Gasteiger partial charge is 0.384 e. The Labute approximate surface area is 61.4 Å². The molecule has 0 aromatic heterocycles. The highest BCUT2D eigenvalue weighted by atomic mass is 16.3. The summed E-state index contributed by atoms with van der Waals surface area (Å²) in [4.78, 5) is 9.88. The summed E-state index contributed by atoms with van der Waals surface area (Å²) in [5, 5.41) is 11.7. The fraction of sp³-hybridized carbons (Fsp3) is 0.857. The zero-order valence-corrected chi connectivity index (χ0v) is 6.34. The van der Waals surface area contributed by atoms with Gasteiger partial charge in [-0.3, -0.25) is 0 Å². The maximum atomic E-state index is 9.88. The highest BCUT2D eigenvalue weighted by molar-refractivity contribution is 5.55. The third-order valence-electron chi connectivity index (χ3n) is 1.22. The number of carbonyl (C=O) groups excluding carboxylic acids is 1. The average molecular weight is 145 g/mol. The van der Waals surface area contributed by atoms with Crippen LogP contribution in [0.4, 0.5) is 0 Å². The minimum atomic E-state index is -0.836. The number of aliphatic hydroxyl groups is 1. The molecular formula is C7H15NO2. The second-order valence-corrected chi connectivity index (χ2v) is 2.26. The molecule has 1 atom stereocenters. The fourth-order valence-electron chi connectivity index (χ4n) is 0.600. The summed E-state index contributed by atoms with van der Waals surface area (Å²) in [6.07, 6.45) is 1.92. The lowest BCUT2D eigenvalue weighted by Gasteiger charge is -2.03. The fourth-order valence-corrected chi connectivity index (χ4v) is 0.600. The van der Waals surface area contributed by atoms with Gasteiger partial charge in [-0.05, 0) is 13.0 Å². The van der Waals surface area contributed by atoms with Crippen molar-refractivity contribution in [2.45, 2.75) is 25.9 Å². The molecule has 10 heavy (non-hydrogen) atoms. The zero-order valence-electron chi connectivity index (χ0n) is 6.34. The van der Waals surface area contributed by atoms with Gasteiger partial charge < -0.3 is 15.2 Å². The molecule has 0 saturated carbocycles. The minimum Gasteiger partial charge on any atom is -0.384 e. The SMILES string of the molecule is CCCCNCC(O)C=O. The predicted molar refractivity (Wildman–Crippen MR) is 39.8 cm³/mol. The molecule has 0 aromatic carbocycles. The van der Waals surface area contributed by atoms with E-state index in [0.29, 0.717) is 12.8 Å². The molecule has 0 aliphatic rings. The predicted octanol–water partition coefficient (Wildman–Crippen LogP) is -0.0641. The van der Waals surface area contributed by atoms with Crippen LogP contribution in [0.25, 0.3) is 0 Å².